The third-order valence-electron chi connectivity index (χ3n) is 4.12. The number of alkyl halides is 1. The Morgan fingerprint density at radius 3 is 2.69 bits per heavy atom. The number of anilines is 1. The number of thiazole rings is 1. The Bertz CT molecular complexity index is 1040. The van der Waals surface area contributed by atoms with Gasteiger partial charge in [-0.3, -0.25) is 19.2 Å². The number of amides is 3. The minimum atomic E-state index is -1.11. The van der Waals surface area contributed by atoms with Crippen molar-refractivity contribution in [1.82, 2.24) is 15.6 Å². The lowest BCUT2D eigenvalue weighted by atomic mass is 10.1. The fraction of sp³-hybridized carbons (Fsp3) is 0.263. The lowest BCUT2D eigenvalue weighted by molar-refractivity contribution is -0.165. The average Bonchev–Trinajstić information content (AvgIpc) is 3.23. The zero-order valence-corrected chi connectivity index (χ0v) is 18.2. The number of benzene rings is 1. The molecule has 0 spiro atoms. The number of aromatic nitrogens is 1. The molecule has 0 radical (unpaired) electrons. The number of ether oxygens (including phenoxy) is 1. The molecular weight excluding hydrogens is 462 g/mol. The van der Waals surface area contributed by atoms with Crippen LogP contribution in [0.4, 0.5) is 5.13 Å². The summed E-state index contributed by atoms with van der Waals surface area (Å²) in [6.07, 6.45) is -1.01. The molecule has 0 saturated carbocycles. The predicted molar refractivity (Wildman–Crippen MR) is 115 cm³/mol. The summed E-state index contributed by atoms with van der Waals surface area (Å²) in [5.41, 5.74) is 0.625. The van der Waals surface area contributed by atoms with Crippen LogP contribution in [0, 0.1) is 0 Å². The van der Waals surface area contributed by atoms with Crippen molar-refractivity contribution in [2.45, 2.75) is 18.7 Å². The molecule has 168 valence electrons. The molecule has 2 atom stereocenters. The minimum absolute atomic E-state index is 0.0138. The average molecular weight is 480 g/mol. The third kappa shape index (κ3) is 5.80. The van der Waals surface area contributed by atoms with Crippen LogP contribution in [0.15, 0.2) is 40.9 Å². The topological polar surface area (TPSA) is 148 Å². The molecule has 3 amide bonds. The Balaban J connectivity index is 1.62. The molecular formula is C19H18ClN5O6S. The Kier molecular flexibility index (Phi) is 7.73. The largest absolute Gasteiger partial charge is 0.439 e. The highest BCUT2D eigenvalue weighted by Crippen LogP contribution is 2.17. The number of carbonyl (C=O) groups excluding carboxylic acids is 4. The van der Waals surface area contributed by atoms with Crippen LogP contribution in [-0.4, -0.2) is 59.6 Å². The van der Waals surface area contributed by atoms with E-state index in [9.17, 15) is 19.2 Å². The number of hydrogen-bond donors (Lipinski definition) is 3. The summed E-state index contributed by atoms with van der Waals surface area (Å²) in [7, 11) is 1.24. The Labute approximate surface area is 191 Å². The van der Waals surface area contributed by atoms with Crippen LogP contribution >= 0.6 is 22.9 Å². The van der Waals surface area contributed by atoms with E-state index in [0.29, 0.717) is 0 Å². The van der Waals surface area contributed by atoms with Crippen LogP contribution < -0.4 is 16.0 Å². The SMILES string of the molecule is CO/N=C(\C(=O)N[C@@H]1C(=O)N[C@@H]1OC(=O)Cc1ccccc1)c1csc(NC(=O)CCl)n1. The van der Waals surface area contributed by atoms with Crippen molar-refractivity contribution >= 4 is 57.5 Å². The second-order valence-electron chi connectivity index (χ2n) is 6.37. The van der Waals surface area contributed by atoms with Crippen molar-refractivity contribution in [3.05, 3.63) is 47.0 Å². The van der Waals surface area contributed by atoms with Gasteiger partial charge in [0.2, 0.25) is 12.1 Å². The highest BCUT2D eigenvalue weighted by molar-refractivity contribution is 7.14. The number of esters is 1. The third-order valence-corrected chi connectivity index (χ3v) is 5.12. The zero-order chi connectivity index (χ0) is 23.1. The van der Waals surface area contributed by atoms with Gasteiger partial charge in [-0.15, -0.1) is 22.9 Å². The molecule has 13 heteroatoms. The summed E-state index contributed by atoms with van der Waals surface area (Å²) in [5.74, 6) is -2.59. The van der Waals surface area contributed by atoms with E-state index in [4.69, 9.17) is 21.2 Å². The van der Waals surface area contributed by atoms with Crippen molar-refractivity contribution in [3.8, 4) is 0 Å². The second-order valence-corrected chi connectivity index (χ2v) is 7.50. The molecule has 1 fully saturated rings. The number of nitrogens with zero attached hydrogens (tertiary/aromatic N) is 2. The number of halogens is 1. The molecule has 1 aromatic heterocycles. The lowest BCUT2D eigenvalue weighted by Crippen LogP contribution is -2.71. The van der Waals surface area contributed by atoms with Gasteiger partial charge in [0, 0.05) is 5.38 Å². The minimum Gasteiger partial charge on any atom is -0.439 e. The molecule has 3 N–H and O–H groups in total. The first-order chi connectivity index (χ1) is 15.4. The standard InChI is InChI=1S/C19H18ClN5O6S/c1-30-25-14(11-9-32-19(21-11)22-12(26)8-20)16(28)23-15-17(29)24-18(15)31-13(27)7-10-5-3-2-4-6-10/h2-6,9,15,18H,7-8H2,1H3,(H,23,28)(H,24,29)(H,21,22,26)/b25-14-/t15-,18-/m1/s1. The van der Waals surface area contributed by atoms with Crippen LogP contribution in [-0.2, 0) is 35.2 Å². The maximum Gasteiger partial charge on any atom is 0.312 e. The van der Waals surface area contributed by atoms with Gasteiger partial charge < -0.3 is 25.5 Å². The van der Waals surface area contributed by atoms with E-state index in [1.807, 2.05) is 6.07 Å². The highest BCUT2D eigenvalue weighted by Gasteiger charge is 2.44. The van der Waals surface area contributed by atoms with Gasteiger partial charge in [-0.1, -0.05) is 35.5 Å². The lowest BCUT2D eigenvalue weighted by Gasteiger charge is -2.35. The quantitative estimate of drug-likeness (QED) is 0.155. The first kappa shape index (κ1) is 23.2. The number of nitrogens with one attached hydrogen (secondary N) is 3. The Morgan fingerprint density at radius 1 is 1.28 bits per heavy atom. The van der Waals surface area contributed by atoms with Gasteiger partial charge in [-0.25, -0.2) is 4.98 Å². The van der Waals surface area contributed by atoms with E-state index in [-0.39, 0.29) is 28.8 Å². The molecule has 1 aromatic carbocycles. The number of β-lactam (4-membered cyclic amide) rings is 1. The molecule has 0 unspecified atom stereocenters. The van der Waals surface area contributed by atoms with Gasteiger partial charge in [0.05, 0.1) is 6.42 Å². The molecule has 2 heterocycles. The fourth-order valence-corrected chi connectivity index (χ4v) is 3.42. The second kappa shape index (κ2) is 10.7. The Hall–Kier alpha value is -3.51. The van der Waals surface area contributed by atoms with Gasteiger partial charge in [0.25, 0.3) is 11.8 Å². The van der Waals surface area contributed by atoms with E-state index in [1.54, 1.807) is 24.3 Å². The number of hydrogen-bond acceptors (Lipinski definition) is 9. The molecule has 1 aliphatic rings. The predicted octanol–water partition coefficient (Wildman–Crippen LogP) is 0.398. The number of rotatable bonds is 9. The van der Waals surface area contributed by atoms with Crippen molar-refractivity contribution in [2.75, 3.05) is 18.3 Å². The van der Waals surface area contributed by atoms with E-state index < -0.39 is 36.0 Å². The van der Waals surface area contributed by atoms with E-state index >= 15 is 0 Å². The van der Waals surface area contributed by atoms with Crippen molar-refractivity contribution in [3.63, 3.8) is 0 Å². The first-order valence-corrected chi connectivity index (χ1v) is 10.6. The number of oxime groups is 1. The molecule has 2 aromatic rings. The van der Waals surface area contributed by atoms with Crippen molar-refractivity contribution in [2.24, 2.45) is 5.16 Å². The van der Waals surface area contributed by atoms with Crippen LogP contribution in [0.2, 0.25) is 0 Å². The zero-order valence-electron chi connectivity index (χ0n) is 16.7. The van der Waals surface area contributed by atoms with E-state index in [2.05, 4.69) is 26.1 Å². The van der Waals surface area contributed by atoms with Gasteiger partial charge >= 0.3 is 5.97 Å². The fourth-order valence-electron chi connectivity index (χ4n) is 2.64. The summed E-state index contributed by atoms with van der Waals surface area (Å²) in [6.45, 7) is 0. The van der Waals surface area contributed by atoms with E-state index in [0.717, 1.165) is 16.9 Å². The van der Waals surface area contributed by atoms with Crippen LogP contribution in [0.1, 0.15) is 11.3 Å². The van der Waals surface area contributed by atoms with Gasteiger partial charge in [-0.05, 0) is 5.56 Å². The summed E-state index contributed by atoms with van der Waals surface area (Å²) in [5, 5.41) is 12.7. The molecule has 32 heavy (non-hydrogen) atoms. The normalized spacial score (nSPS) is 17.6. The summed E-state index contributed by atoms with van der Waals surface area (Å²) < 4.78 is 5.25. The monoisotopic (exact) mass is 479 g/mol. The number of carbonyl (C=O) groups is 4. The van der Waals surface area contributed by atoms with Gasteiger partial charge in [0.15, 0.2) is 16.9 Å². The van der Waals surface area contributed by atoms with Crippen molar-refractivity contribution < 1.29 is 28.8 Å². The van der Waals surface area contributed by atoms with Crippen molar-refractivity contribution in [1.29, 1.82) is 0 Å². The smallest absolute Gasteiger partial charge is 0.312 e. The maximum absolute atomic E-state index is 12.7. The molecule has 0 aliphatic carbocycles. The molecule has 1 aliphatic heterocycles. The van der Waals surface area contributed by atoms with Crippen LogP contribution in [0.3, 0.4) is 0 Å². The van der Waals surface area contributed by atoms with E-state index in [1.165, 1.54) is 12.5 Å². The molecule has 11 nitrogen and oxygen atoms in total. The highest BCUT2D eigenvalue weighted by atomic mass is 35.5. The Morgan fingerprint density at radius 2 is 2.03 bits per heavy atom. The van der Waals surface area contributed by atoms with Crippen LogP contribution in [0.25, 0.3) is 0 Å². The first-order valence-electron chi connectivity index (χ1n) is 9.18. The van der Waals surface area contributed by atoms with Crippen LogP contribution in [0.5, 0.6) is 0 Å². The summed E-state index contributed by atoms with van der Waals surface area (Å²) >= 11 is 6.49. The maximum atomic E-state index is 12.7. The summed E-state index contributed by atoms with van der Waals surface area (Å²) in [6, 6.07) is 7.83. The summed E-state index contributed by atoms with van der Waals surface area (Å²) in [4.78, 5) is 57.0. The molecule has 3 rings (SSSR count). The van der Waals surface area contributed by atoms with Gasteiger partial charge in [0.1, 0.15) is 18.7 Å². The molecule has 1 saturated heterocycles. The van der Waals surface area contributed by atoms with Gasteiger partial charge in [-0.2, -0.15) is 0 Å². The molecule has 0 bridgehead atoms.